The molecule has 0 aliphatic carbocycles. The van der Waals surface area contributed by atoms with E-state index in [-0.39, 0.29) is 0 Å². The number of anilines is 1. The summed E-state index contributed by atoms with van der Waals surface area (Å²) in [6, 6.07) is 7.51. The van der Waals surface area contributed by atoms with E-state index in [2.05, 4.69) is 15.3 Å². The van der Waals surface area contributed by atoms with E-state index >= 15 is 0 Å². The first-order valence-electron chi connectivity index (χ1n) is 4.98. The molecule has 3 nitrogen and oxygen atoms in total. The van der Waals surface area contributed by atoms with Gasteiger partial charge in [0.25, 0.3) is 0 Å². The maximum atomic E-state index is 5.93. The summed E-state index contributed by atoms with van der Waals surface area (Å²) in [5, 5.41) is 3.72. The maximum absolute atomic E-state index is 5.93. The molecule has 1 aromatic heterocycles. The highest BCUT2D eigenvalue weighted by molar-refractivity contribution is 6.30. The highest BCUT2D eigenvalue weighted by atomic mass is 35.5. The second-order valence-corrected chi connectivity index (χ2v) is 3.92. The van der Waals surface area contributed by atoms with Crippen LogP contribution in [0.4, 0.5) is 5.82 Å². The summed E-state index contributed by atoms with van der Waals surface area (Å²) in [7, 11) is 1.84. The van der Waals surface area contributed by atoms with E-state index in [1.807, 2.05) is 38.2 Å². The Kier molecular flexibility index (Phi) is 3.06. The molecule has 0 unspecified atom stereocenters. The quantitative estimate of drug-likeness (QED) is 0.866. The Balaban J connectivity index is 2.48. The van der Waals surface area contributed by atoms with Crippen molar-refractivity contribution >= 4 is 17.4 Å². The molecule has 82 valence electrons. The first-order chi connectivity index (χ1) is 7.70. The van der Waals surface area contributed by atoms with Gasteiger partial charge in [0.05, 0.1) is 0 Å². The van der Waals surface area contributed by atoms with Gasteiger partial charge >= 0.3 is 0 Å². The number of hydrogen-bond donors (Lipinski definition) is 1. The fourth-order valence-electron chi connectivity index (χ4n) is 1.46. The smallest absolute Gasteiger partial charge is 0.161 e. The molecule has 2 rings (SSSR count). The number of benzene rings is 1. The predicted molar refractivity (Wildman–Crippen MR) is 66.8 cm³/mol. The summed E-state index contributed by atoms with van der Waals surface area (Å²) >= 11 is 5.93. The minimum absolute atomic E-state index is 0.678. The van der Waals surface area contributed by atoms with Crippen LogP contribution in [0.5, 0.6) is 0 Å². The first kappa shape index (κ1) is 10.9. The average Bonchev–Trinajstić information content (AvgIpc) is 2.29. The largest absolute Gasteiger partial charge is 0.373 e. The van der Waals surface area contributed by atoms with Crippen LogP contribution in [-0.2, 0) is 0 Å². The second-order valence-electron chi connectivity index (χ2n) is 3.49. The topological polar surface area (TPSA) is 37.8 Å². The number of halogens is 1. The normalized spacial score (nSPS) is 10.2. The van der Waals surface area contributed by atoms with Crippen molar-refractivity contribution in [1.29, 1.82) is 0 Å². The Labute approximate surface area is 99.5 Å². The lowest BCUT2D eigenvalue weighted by Crippen LogP contribution is -1.99. The Bertz CT molecular complexity index is 511. The second kappa shape index (κ2) is 4.49. The average molecular weight is 234 g/mol. The molecule has 0 bridgehead atoms. The van der Waals surface area contributed by atoms with Gasteiger partial charge in [0, 0.05) is 29.4 Å². The number of hydrogen-bond acceptors (Lipinski definition) is 3. The van der Waals surface area contributed by atoms with Crippen molar-refractivity contribution in [3.63, 3.8) is 0 Å². The Morgan fingerprint density at radius 2 is 2.12 bits per heavy atom. The highest BCUT2D eigenvalue weighted by Crippen LogP contribution is 2.21. The number of nitrogens with zero attached hydrogens (tertiary/aromatic N) is 2. The molecular weight excluding hydrogens is 222 g/mol. The molecule has 2 aromatic rings. The van der Waals surface area contributed by atoms with Crippen molar-refractivity contribution in [2.24, 2.45) is 0 Å². The number of nitrogens with one attached hydrogen (secondary N) is 1. The van der Waals surface area contributed by atoms with Crippen LogP contribution in [0, 0.1) is 6.92 Å². The van der Waals surface area contributed by atoms with Gasteiger partial charge in [-0.25, -0.2) is 9.97 Å². The lowest BCUT2D eigenvalue weighted by molar-refractivity contribution is 1.13. The molecule has 0 amide bonds. The summed E-state index contributed by atoms with van der Waals surface area (Å²) in [4.78, 5) is 8.71. The minimum atomic E-state index is 0.678. The lowest BCUT2D eigenvalue weighted by Gasteiger charge is -2.06. The molecule has 16 heavy (non-hydrogen) atoms. The summed E-state index contributed by atoms with van der Waals surface area (Å²) in [6.45, 7) is 1.97. The molecule has 0 aliphatic rings. The van der Waals surface area contributed by atoms with Gasteiger partial charge in [-0.15, -0.1) is 0 Å². The molecule has 0 spiro atoms. The van der Waals surface area contributed by atoms with E-state index in [0.717, 1.165) is 16.9 Å². The SMILES string of the molecule is CNc1nc(-c2cccc(Cl)c2)ncc1C. The van der Waals surface area contributed by atoms with Gasteiger partial charge in [0.2, 0.25) is 0 Å². The van der Waals surface area contributed by atoms with Crippen LogP contribution in [0.15, 0.2) is 30.5 Å². The monoisotopic (exact) mass is 233 g/mol. The van der Waals surface area contributed by atoms with Crippen LogP contribution >= 0.6 is 11.6 Å². The van der Waals surface area contributed by atoms with Gasteiger partial charge < -0.3 is 5.32 Å². The molecule has 0 aliphatic heterocycles. The molecule has 0 saturated carbocycles. The van der Waals surface area contributed by atoms with Crippen LogP contribution < -0.4 is 5.32 Å². The third-order valence-corrected chi connectivity index (χ3v) is 2.53. The Hall–Kier alpha value is -1.61. The van der Waals surface area contributed by atoms with E-state index in [1.54, 1.807) is 6.20 Å². The Morgan fingerprint density at radius 1 is 1.31 bits per heavy atom. The minimum Gasteiger partial charge on any atom is -0.373 e. The van der Waals surface area contributed by atoms with E-state index in [0.29, 0.717) is 10.8 Å². The van der Waals surface area contributed by atoms with E-state index in [4.69, 9.17) is 11.6 Å². The summed E-state index contributed by atoms with van der Waals surface area (Å²) in [5.41, 5.74) is 1.94. The molecule has 1 heterocycles. The highest BCUT2D eigenvalue weighted by Gasteiger charge is 2.04. The zero-order valence-electron chi connectivity index (χ0n) is 9.16. The Morgan fingerprint density at radius 3 is 2.81 bits per heavy atom. The molecular formula is C12H12ClN3. The zero-order valence-corrected chi connectivity index (χ0v) is 9.92. The molecule has 0 radical (unpaired) electrons. The van der Waals surface area contributed by atoms with Crippen molar-refractivity contribution in [1.82, 2.24) is 9.97 Å². The van der Waals surface area contributed by atoms with E-state index in [1.165, 1.54) is 0 Å². The van der Waals surface area contributed by atoms with Crippen LogP contribution in [0.2, 0.25) is 5.02 Å². The van der Waals surface area contributed by atoms with Crippen molar-refractivity contribution < 1.29 is 0 Å². The standard InChI is InChI=1S/C12H12ClN3/c1-8-7-15-12(16-11(8)14-2)9-4-3-5-10(13)6-9/h3-7H,1-2H3,(H,14,15,16). The van der Waals surface area contributed by atoms with E-state index < -0.39 is 0 Å². The van der Waals surface area contributed by atoms with Gasteiger partial charge in [-0.3, -0.25) is 0 Å². The molecule has 0 saturated heterocycles. The van der Waals surface area contributed by atoms with Crippen molar-refractivity contribution in [2.75, 3.05) is 12.4 Å². The molecule has 4 heteroatoms. The zero-order chi connectivity index (χ0) is 11.5. The molecule has 1 aromatic carbocycles. The summed E-state index contributed by atoms with van der Waals surface area (Å²) < 4.78 is 0. The van der Waals surface area contributed by atoms with Crippen LogP contribution in [0.25, 0.3) is 11.4 Å². The fourth-order valence-corrected chi connectivity index (χ4v) is 1.65. The fraction of sp³-hybridized carbons (Fsp3) is 0.167. The number of rotatable bonds is 2. The van der Waals surface area contributed by atoms with Crippen LogP contribution in [0.1, 0.15) is 5.56 Å². The summed E-state index contributed by atoms with van der Waals surface area (Å²) in [6.07, 6.45) is 1.80. The first-order valence-corrected chi connectivity index (χ1v) is 5.36. The van der Waals surface area contributed by atoms with Gasteiger partial charge in [-0.05, 0) is 19.1 Å². The van der Waals surface area contributed by atoms with Gasteiger partial charge in [0.1, 0.15) is 5.82 Å². The predicted octanol–water partition coefficient (Wildman–Crippen LogP) is 3.15. The van der Waals surface area contributed by atoms with Crippen molar-refractivity contribution in [3.05, 3.63) is 41.0 Å². The van der Waals surface area contributed by atoms with Crippen LogP contribution in [0.3, 0.4) is 0 Å². The van der Waals surface area contributed by atoms with Crippen molar-refractivity contribution in [2.45, 2.75) is 6.92 Å². The molecule has 1 N–H and O–H groups in total. The summed E-state index contributed by atoms with van der Waals surface area (Å²) in [5.74, 6) is 1.52. The number of aromatic nitrogens is 2. The third kappa shape index (κ3) is 2.14. The lowest BCUT2D eigenvalue weighted by atomic mass is 10.2. The number of aryl methyl sites for hydroxylation is 1. The molecule has 0 atom stereocenters. The third-order valence-electron chi connectivity index (χ3n) is 2.29. The van der Waals surface area contributed by atoms with Crippen molar-refractivity contribution in [3.8, 4) is 11.4 Å². The van der Waals surface area contributed by atoms with Gasteiger partial charge in [-0.1, -0.05) is 23.7 Å². The van der Waals surface area contributed by atoms with Crippen LogP contribution in [-0.4, -0.2) is 17.0 Å². The van der Waals surface area contributed by atoms with E-state index in [9.17, 15) is 0 Å². The molecule has 0 fully saturated rings. The van der Waals surface area contributed by atoms with Gasteiger partial charge in [-0.2, -0.15) is 0 Å². The van der Waals surface area contributed by atoms with Gasteiger partial charge in [0.15, 0.2) is 5.82 Å². The maximum Gasteiger partial charge on any atom is 0.161 e.